The maximum Gasteiger partial charge on any atom is 0.214 e. The summed E-state index contributed by atoms with van der Waals surface area (Å²) in [6, 6.07) is 6.18. The number of nitrogens with one attached hydrogen (secondary N) is 1. The minimum Gasteiger partial charge on any atom is -0.448 e. The van der Waals surface area contributed by atoms with Gasteiger partial charge in [0.1, 0.15) is 0 Å². The Bertz CT molecular complexity index is 597. The molecule has 0 aromatic carbocycles. The van der Waals surface area contributed by atoms with Crippen LogP contribution in [0.1, 0.15) is 46.5 Å². The Balaban J connectivity index is 2.74. The molecule has 0 aromatic heterocycles. The average molecular weight is 300 g/mol. The lowest BCUT2D eigenvalue weighted by molar-refractivity contribution is -0.271. The van der Waals surface area contributed by atoms with Crippen molar-refractivity contribution in [3.05, 3.63) is 0 Å². The molecule has 2 bridgehead atoms. The Morgan fingerprint density at radius 3 is 2.14 bits per heavy atom. The predicted molar refractivity (Wildman–Crippen MR) is 77.1 cm³/mol. The van der Waals surface area contributed by atoms with E-state index in [2.05, 4.69) is 6.07 Å². The molecule has 0 unspecified atom stereocenters. The molecule has 0 saturated carbocycles. The first-order chi connectivity index (χ1) is 10.4. The van der Waals surface area contributed by atoms with Crippen molar-refractivity contribution in [1.82, 2.24) is 0 Å². The monoisotopic (exact) mass is 300 g/mol. The third-order valence-electron chi connectivity index (χ3n) is 4.96. The molecule has 2 saturated heterocycles. The van der Waals surface area contributed by atoms with E-state index in [1.165, 1.54) is 0 Å². The Morgan fingerprint density at radius 2 is 1.68 bits per heavy atom. The van der Waals surface area contributed by atoms with E-state index in [4.69, 9.17) is 14.9 Å². The summed E-state index contributed by atoms with van der Waals surface area (Å²) in [6.07, 6.45) is 1.73. The molecule has 0 radical (unpaired) electrons. The van der Waals surface area contributed by atoms with Crippen molar-refractivity contribution in [2.24, 2.45) is 16.7 Å². The highest BCUT2D eigenvalue weighted by Crippen LogP contribution is 2.64. The van der Waals surface area contributed by atoms with E-state index in [0.717, 1.165) is 6.42 Å². The first-order valence-electron chi connectivity index (χ1n) is 7.62. The van der Waals surface area contributed by atoms with Gasteiger partial charge in [0.05, 0.1) is 30.2 Å². The Hall–Kier alpha value is -2.10. The lowest BCUT2D eigenvalue weighted by Gasteiger charge is -2.48. The Morgan fingerprint density at radius 1 is 1.09 bits per heavy atom. The normalized spacial score (nSPS) is 38.5. The fourth-order valence-electron chi connectivity index (χ4n) is 3.96. The summed E-state index contributed by atoms with van der Waals surface area (Å²) in [5, 5.41) is 37.7. The van der Waals surface area contributed by atoms with E-state index in [1.807, 2.05) is 26.0 Å². The molecule has 2 heterocycles. The summed E-state index contributed by atoms with van der Waals surface area (Å²) in [7, 11) is 0. The van der Waals surface area contributed by atoms with Gasteiger partial charge in [-0.05, 0) is 12.8 Å². The summed E-state index contributed by atoms with van der Waals surface area (Å²) in [6.45, 7) is 5.59. The van der Waals surface area contributed by atoms with E-state index in [9.17, 15) is 15.8 Å². The molecule has 4 atom stereocenters. The summed E-state index contributed by atoms with van der Waals surface area (Å²) in [4.78, 5) is 0. The highest BCUT2D eigenvalue weighted by atomic mass is 16.7. The molecule has 6 heteroatoms. The van der Waals surface area contributed by atoms with Crippen LogP contribution in [0.25, 0.3) is 0 Å². The molecule has 2 rings (SSSR count). The number of fused-ring (bicyclic) bond motifs is 2. The Kier molecular flexibility index (Phi) is 3.90. The summed E-state index contributed by atoms with van der Waals surface area (Å²) >= 11 is 0. The van der Waals surface area contributed by atoms with Crippen LogP contribution < -0.4 is 0 Å². The van der Waals surface area contributed by atoms with Crippen molar-refractivity contribution in [3.8, 4) is 18.2 Å². The minimum absolute atomic E-state index is 0.308. The fourth-order valence-corrected chi connectivity index (χ4v) is 3.96. The van der Waals surface area contributed by atoms with Gasteiger partial charge >= 0.3 is 0 Å². The fraction of sp³-hybridized carbons (Fsp3) is 0.750. The number of ether oxygens (including phenoxy) is 2. The average Bonchev–Trinajstić information content (AvgIpc) is 2.66. The molecule has 0 aliphatic carbocycles. The zero-order valence-electron chi connectivity index (χ0n) is 13.1. The van der Waals surface area contributed by atoms with Gasteiger partial charge in [0.25, 0.3) is 0 Å². The number of hydrogen-bond acceptors (Lipinski definition) is 6. The van der Waals surface area contributed by atoms with Gasteiger partial charge < -0.3 is 9.47 Å². The molecule has 2 aliphatic heterocycles. The van der Waals surface area contributed by atoms with Gasteiger partial charge in [0.2, 0.25) is 11.7 Å². The van der Waals surface area contributed by atoms with Gasteiger partial charge in [-0.1, -0.05) is 26.7 Å². The highest BCUT2D eigenvalue weighted by Gasteiger charge is 2.78. The number of rotatable bonds is 4. The zero-order chi connectivity index (χ0) is 16.6. The molecule has 6 nitrogen and oxygen atoms in total. The predicted octanol–water partition coefficient (Wildman–Crippen LogP) is 2.87. The van der Waals surface area contributed by atoms with Crippen molar-refractivity contribution in [2.45, 2.75) is 58.3 Å². The molecule has 2 fully saturated rings. The first-order valence-corrected chi connectivity index (χ1v) is 7.62. The molecular formula is C16H20N4O2. The molecule has 0 spiro atoms. The van der Waals surface area contributed by atoms with Crippen LogP contribution in [0.5, 0.6) is 0 Å². The van der Waals surface area contributed by atoms with Crippen molar-refractivity contribution in [1.29, 1.82) is 21.2 Å². The molecular weight excluding hydrogens is 280 g/mol. The van der Waals surface area contributed by atoms with Crippen LogP contribution in [0.15, 0.2) is 0 Å². The topological polar surface area (TPSA) is 114 Å². The molecule has 116 valence electrons. The van der Waals surface area contributed by atoms with Crippen LogP contribution in [-0.2, 0) is 9.47 Å². The molecule has 0 amide bonds. The maximum absolute atomic E-state index is 9.91. The Labute approximate surface area is 130 Å². The van der Waals surface area contributed by atoms with Crippen molar-refractivity contribution < 1.29 is 9.47 Å². The highest BCUT2D eigenvalue weighted by molar-refractivity contribution is 5.89. The van der Waals surface area contributed by atoms with Gasteiger partial charge in [-0.2, -0.15) is 15.8 Å². The van der Waals surface area contributed by atoms with E-state index in [0.29, 0.717) is 19.3 Å². The standard InChI is InChI=1S/C16H20N4O2/c1-4-6-11-14(3)21-12(7-5-2)15(8-17,9-18)16(11,10-19)13(20)22-14/h11-12,20H,4-7H2,1-3H3/t11-,12+,14+,16-/m0/s1. The minimum atomic E-state index is -1.72. The van der Waals surface area contributed by atoms with Crippen LogP contribution in [0.2, 0.25) is 0 Å². The van der Waals surface area contributed by atoms with Crippen molar-refractivity contribution in [3.63, 3.8) is 0 Å². The second-order valence-corrected chi connectivity index (χ2v) is 6.14. The summed E-state index contributed by atoms with van der Waals surface area (Å²) in [5.74, 6) is -1.94. The molecule has 1 N–H and O–H groups in total. The SMILES string of the molecule is CCC[C@H]1O[C@]2(C)OC(=N)[C@](C#N)([C@H]2CCC)C1(C#N)C#N. The maximum atomic E-state index is 9.91. The lowest BCUT2D eigenvalue weighted by atomic mass is 9.53. The van der Waals surface area contributed by atoms with E-state index in [-0.39, 0.29) is 5.90 Å². The van der Waals surface area contributed by atoms with Crippen molar-refractivity contribution >= 4 is 5.90 Å². The van der Waals surface area contributed by atoms with Crippen molar-refractivity contribution in [2.75, 3.05) is 0 Å². The van der Waals surface area contributed by atoms with E-state index in [1.54, 1.807) is 6.92 Å². The third-order valence-corrected chi connectivity index (χ3v) is 4.96. The smallest absolute Gasteiger partial charge is 0.214 e. The van der Waals surface area contributed by atoms with Gasteiger partial charge in [-0.25, -0.2) is 0 Å². The van der Waals surface area contributed by atoms with Crippen LogP contribution in [0.4, 0.5) is 0 Å². The van der Waals surface area contributed by atoms with E-state index < -0.39 is 28.6 Å². The molecule has 2 aliphatic rings. The van der Waals surface area contributed by atoms with Crippen LogP contribution >= 0.6 is 0 Å². The third kappa shape index (κ3) is 1.64. The summed E-state index contributed by atoms with van der Waals surface area (Å²) in [5.41, 5.74) is -3.29. The first kappa shape index (κ1) is 16.3. The largest absolute Gasteiger partial charge is 0.448 e. The van der Waals surface area contributed by atoms with Gasteiger partial charge in [-0.15, -0.1) is 0 Å². The zero-order valence-corrected chi connectivity index (χ0v) is 13.1. The van der Waals surface area contributed by atoms with Gasteiger partial charge in [0.15, 0.2) is 10.8 Å². The van der Waals surface area contributed by atoms with Crippen LogP contribution in [-0.4, -0.2) is 17.8 Å². The number of nitrogens with zero attached hydrogens (tertiary/aromatic N) is 3. The number of hydrogen-bond donors (Lipinski definition) is 1. The van der Waals surface area contributed by atoms with Gasteiger partial charge in [-0.3, -0.25) is 5.41 Å². The van der Waals surface area contributed by atoms with Crippen LogP contribution in [0, 0.1) is 56.2 Å². The van der Waals surface area contributed by atoms with E-state index >= 15 is 0 Å². The van der Waals surface area contributed by atoms with Crippen LogP contribution in [0.3, 0.4) is 0 Å². The lowest BCUT2D eigenvalue weighted by Crippen LogP contribution is -2.61. The summed E-state index contributed by atoms with van der Waals surface area (Å²) < 4.78 is 11.6. The second kappa shape index (κ2) is 5.27. The quantitative estimate of drug-likeness (QED) is 0.857. The van der Waals surface area contributed by atoms with Gasteiger partial charge in [0, 0.05) is 6.92 Å². The molecule has 0 aromatic rings. The molecule has 22 heavy (non-hydrogen) atoms. The number of nitriles is 3. The second-order valence-electron chi connectivity index (χ2n) is 6.14.